The molecule has 5 atom stereocenters. The van der Waals surface area contributed by atoms with Gasteiger partial charge in [0.2, 0.25) is 11.8 Å². The number of rotatable bonds is 7. The Kier molecular flexibility index (Phi) is 8.55. The topological polar surface area (TPSA) is 106 Å². The zero-order valence-electron chi connectivity index (χ0n) is 24.4. The maximum atomic E-state index is 14.0. The first-order valence-corrected chi connectivity index (χ1v) is 15.1. The highest BCUT2D eigenvalue weighted by molar-refractivity contribution is 5.88. The van der Waals surface area contributed by atoms with E-state index >= 15 is 0 Å². The van der Waals surface area contributed by atoms with Crippen LogP contribution in [-0.4, -0.2) is 82.0 Å². The molecule has 1 saturated carbocycles. The van der Waals surface area contributed by atoms with E-state index in [0.717, 1.165) is 37.7 Å². The molecular weight excluding hydrogens is 525 g/mol. The number of amides is 3. The van der Waals surface area contributed by atoms with Crippen molar-refractivity contribution < 1.29 is 23.5 Å². The minimum absolute atomic E-state index is 0.0274. The average molecular weight is 568 g/mol. The molecule has 41 heavy (non-hydrogen) atoms. The highest BCUT2D eigenvalue weighted by atomic mass is 19.1. The molecule has 4 aliphatic rings. The molecule has 1 aromatic rings. The third-order valence-electron chi connectivity index (χ3n) is 9.01. The first-order valence-electron chi connectivity index (χ1n) is 15.1. The van der Waals surface area contributed by atoms with Crippen LogP contribution in [0.1, 0.15) is 83.7 Å². The fraction of sp³-hybridized carbons (Fsp3) is 0.677. The van der Waals surface area contributed by atoms with Crippen LogP contribution in [0.25, 0.3) is 0 Å². The molecule has 1 N–H and O–H groups in total. The van der Waals surface area contributed by atoms with Crippen molar-refractivity contribution in [3.63, 3.8) is 0 Å². The molecule has 5 rings (SSSR count). The maximum absolute atomic E-state index is 14.0. The molecule has 1 aromatic carbocycles. The number of benzene rings is 1. The number of carbonyl (C=O) groups excluding carboxylic acids is 3. The van der Waals surface area contributed by atoms with Crippen LogP contribution in [0.4, 0.5) is 9.18 Å². The van der Waals surface area contributed by atoms with Crippen LogP contribution >= 0.6 is 0 Å². The predicted molar refractivity (Wildman–Crippen MR) is 150 cm³/mol. The summed E-state index contributed by atoms with van der Waals surface area (Å²) in [6.07, 6.45) is 6.83. The number of piperazine rings is 1. The third-order valence-corrected chi connectivity index (χ3v) is 9.01. The van der Waals surface area contributed by atoms with Crippen molar-refractivity contribution in [1.82, 2.24) is 20.0 Å². The average Bonchev–Trinajstić information content (AvgIpc) is 3.64. The molecule has 0 radical (unpaired) electrons. The lowest BCUT2D eigenvalue weighted by molar-refractivity contribution is -0.143. The van der Waals surface area contributed by atoms with Gasteiger partial charge in [-0.2, -0.15) is 5.26 Å². The normalized spacial score (nSPS) is 26.6. The van der Waals surface area contributed by atoms with E-state index in [4.69, 9.17) is 4.74 Å². The first kappa shape index (κ1) is 29.3. The van der Waals surface area contributed by atoms with Crippen LogP contribution in [0.3, 0.4) is 0 Å². The largest absolute Gasteiger partial charge is 0.444 e. The lowest BCUT2D eigenvalue weighted by Gasteiger charge is -2.44. The number of ether oxygens (including phenoxy) is 1. The van der Waals surface area contributed by atoms with E-state index in [2.05, 4.69) is 11.4 Å². The van der Waals surface area contributed by atoms with Gasteiger partial charge in [0.1, 0.15) is 23.5 Å². The van der Waals surface area contributed by atoms with Gasteiger partial charge in [0, 0.05) is 25.7 Å². The summed E-state index contributed by atoms with van der Waals surface area (Å²) in [5, 5.41) is 12.3. The molecule has 4 fully saturated rings. The highest BCUT2D eigenvalue weighted by Gasteiger charge is 2.54. The molecule has 10 heteroatoms. The van der Waals surface area contributed by atoms with Gasteiger partial charge in [-0.1, -0.05) is 31.4 Å². The Balaban J connectivity index is 1.34. The summed E-state index contributed by atoms with van der Waals surface area (Å²) in [5.41, 5.74) is 0.236. The van der Waals surface area contributed by atoms with Crippen LogP contribution in [0.5, 0.6) is 0 Å². The van der Waals surface area contributed by atoms with Gasteiger partial charge in [0.25, 0.3) is 0 Å². The van der Waals surface area contributed by atoms with Gasteiger partial charge in [0.05, 0.1) is 18.2 Å². The fourth-order valence-electron chi connectivity index (χ4n) is 7.26. The Morgan fingerprint density at radius 2 is 1.83 bits per heavy atom. The minimum atomic E-state index is -0.939. The SMILES string of the molecule is CC(C)(C)OC(=O)NC(CN1C[C@@H]2CC1C(=O)N2[C@H](c1ccc(F)cc1)C1CCCCC1)C(=O)N1CCCC1C#N. The molecule has 1 aliphatic carbocycles. The van der Waals surface area contributed by atoms with Gasteiger partial charge in [-0.15, -0.1) is 0 Å². The number of hydrogen-bond acceptors (Lipinski definition) is 6. The molecule has 3 unspecified atom stereocenters. The Morgan fingerprint density at radius 3 is 2.46 bits per heavy atom. The number of fused-ring (bicyclic) bond motifs is 2. The second kappa shape index (κ2) is 12.0. The van der Waals surface area contributed by atoms with Crippen molar-refractivity contribution in [2.45, 2.75) is 108 Å². The van der Waals surface area contributed by atoms with Gasteiger partial charge in [-0.05, 0) is 76.5 Å². The highest BCUT2D eigenvalue weighted by Crippen LogP contribution is 2.45. The number of hydrogen-bond donors (Lipinski definition) is 1. The van der Waals surface area contributed by atoms with Gasteiger partial charge in [-0.3, -0.25) is 14.5 Å². The molecule has 3 saturated heterocycles. The van der Waals surface area contributed by atoms with Crippen LogP contribution in [-0.2, 0) is 14.3 Å². The quantitative estimate of drug-likeness (QED) is 0.531. The van der Waals surface area contributed by atoms with Gasteiger partial charge < -0.3 is 19.9 Å². The summed E-state index contributed by atoms with van der Waals surface area (Å²) in [4.78, 5) is 45.9. The molecule has 3 amide bonds. The number of nitrogens with zero attached hydrogens (tertiary/aromatic N) is 4. The molecule has 222 valence electrons. The Morgan fingerprint density at radius 1 is 1.12 bits per heavy atom. The number of likely N-dealkylation sites (tertiary alicyclic amines) is 3. The smallest absolute Gasteiger partial charge is 0.408 e. The molecule has 9 nitrogen and oxygen atoms in total. The van der Waals surface area contributed by atoms with Gasteiger partial charge >= 0.3 is 6.09 Å². The monoisotopic (exact) mass is 567 g/mol. The van der Waals surface area contributed by atoms with E-state index < -0.39 is 29.8 Å². The van der Waals surface area contributed by atoms with Gasteiger partial charge in [0.15, 0.2) is 0 Å². The third kappa shape index (κ3) is 6.35. The standard InChI is InChI=1S/C31H42FN5O4/c1-31(2,3)41-30(40)34-25(28(38)36-15-7-10-23(36)17-33)19-35-18-24-16-26(35)29(39)37(24)27(20-8-5-4-6-9-20)21-11-13-22(32)14-12-21/h11-14,20,23-27H,4-10,15-16,18-19H2,1-3H3,(H,34,40)/t23?,24-,25?,26?,27-/m0/s1. The van der Waals surface area contributed by atoms with Gasteiger partial charge in [-0.25, -0.2) is 9.18 Å². The summed E-state index contributed by atoms with van der Waals surface area (Å²) in [7, 11) is 0. The lowest BCUT2D eigenvalue weighted by Crippen LogP contribution is -2.59. The van der Waals surface area contributed by atoms with Crippen LogP contribution in [0.15, 0.2) is 24.3 Å². The summed E-state index contributed by atoms with van der Waals surface area (Å²) in [5.74, 6) is -0.257. The molecule has 0 spiro atoms. The summed E-state index contributed by atoms with van der Waals surface area (Å²) in [6, 6.07) is 6.79. The molecule has 2 bridgehead atoms. The minimum Gasteiger partial charge on any atom is -0.444 e. The number of nitrogens with one attached hydrogen (secondary N) is 1. The zero-order chi connectivity index (χ0) is 29.3. The Labute approximate surface area is 242 Å². The van der Waals surface area contributed by atoms with Crippen molar-refractivity contribution in [3.8, 4) is 6.07 Å². The van der Waals surface area contributed by atoms with E-state index in [0.29, 0.717) is 31.8 Å². The molecule has 0 aromatic heterocycles. The van der Waals surface area contributed by atoms with Crippen LogP contribution in [0, 0.1) is 23.1 Å². The van der Waals surface area contributed by atoms with Crippen molar-refractivity contribution in [1.29, 1.82) is 5.26 Å². The summed E-state index contributed by atoms with van der Waals surface area (Å²) in [6.45, 7) is 6.48. The van der Waals surface area contributed by atoms with E-state index in [1.165, 1.54) is 23.5 Å². The van der Waals surface area contributed by atoms with Crippen molar-refractivity contribution >= 4 is 17.9 Å². The predicted octanol–water partition coefficient (Wildman–Crippen LogP) is 4.14. The fourth-order valence-corrected chi connectivity index (χ4v) is 7.26. The van der Waals surface area contributed by atoms with Crippen LogP contribution in [0.2, 0.25) is 0 Å². The molecule has 3 aliphatic heterocycles. The molecular formula is C31H42FN5O4. The van der Waals surface area contributed by atoms with Crippen molar-refractivity contribution in [2.24, 2.45) is 5.92 Å². The molecule has 3 heterocycles. The van der Waals surface area contributed by atoms with E-state index in [1.54, 1.807) is 20.8 Å². The second-order valence-electron chi connectivity index (χ2n) is 13.0. The van der Waals surface area contributed by atoms with Crippen molar-refractivity contribution in [2.75, 3.05) is 19.6 Å². The lowest BCUT2D eigenvalue weighted by atomic mass is 9.80. The van der Waals surface area contributed by atoms with E-state index in [-0.39, 0.29) is 36.3 Å². The summed E-state index contributed by atoms with van der Waals surface area (Å²) < 4.78 is 19.2. The number of carbonyl (C=O) groups is 3. The number of alkyl carbamates (subject to hydrolysis) is 1. The maximum Gasteiger partial charge on any atom is 0.408 e. The van der Waals surface area contributed by atoms with Crippen LogP contribution < -0.4 is 5.32 Å². The second-order valence-corrected chi connectivity index (χ2v) is 13.0. The number of nitriles is 1. The Hall–Kier alpha value is -3.19. The summed E-state index contributed by atoms with van der Waals surface area (Å²) >= 11 is 0. The zero-order valence-corrected chi connectivity index (χ0v) is 24.4. The number of halogens is 1. The van der Waals surface area contributed by atoms with E-state index in [9.17, 15) is 24.0 Å². The Bertz CT molecular complexity index is 1170. The van der Waals surface area contributed by atoms with Crippen molar-refractivity contribution in [3.05, 3.63) is 35.6 Å². The first-order chi connectivity index (χ1) is 19.6. The van der Waals surface area contributed by atoms with E-state index in [1.807, 2.05) is 21.9 Å².